The van der Waals surface area contributed by atoms with Crippen LogP contribution < -0.4 is 10.2 Å². The van der Waals surface area contributed by atoms with Crippen LogP contribution in [0.3, 0.4) is 0 Å². The van der Waals surface area contributed by atoms with Gasteiger partial charge in [0.2, 0.25) is 0 Å². The molecule has 3 rings (SSSR count). The third kappa shape index (κ3) is 2.39. The van der Waals surface area contributed by atoms with Gasteiger partial charge in [-0.25, -0.2) is 4.79 Å². The summed E-state index contributed by atoms with van der Waals surface area (Å²) in [6, 6.07) is 7.97. The molecular weight excluding hydrogens is 254 g/mol. The van der Waals surface area contributed by atoms with Gasteiger partial charge in [0, 0.05) is 18.3 Å². The van der Waals surface area contributed by atoms with Gasteiger partial charge in [-0.3, -0.25) is 4.90 Å². The lowest BCUT2D eigenvalue weighted by molar-refractivity contribution is 0.246. The average Bonchev–Trinajstić information content (AvgIpc) is 3.13. The van der Waals surface area contributed by atoms with Crippen LogP contribution in [0.15, 0.2) is 35.1 Å². The summed E-state index contributed by atoms with van der Waals surface area (Å²) >= 11 is 0. The number of amides is 2. The molecule has 1 aromatic carbocycles. The summed E-state index contributed by atoms with van der Waals surface area (Å²) in [7, 11) is 0. The summed E-state index contributed by atoms with van der Waals surface area (Å²) in [5.41, 5.74) is 4.30. The Morgan fingerprint density at radius 1 is 1.45 bits per heavy atom. The second-order valence-corrected chi connectivity index (χ2v) is 4.87. The molecule has 0 fully saturated rings. The van der Waals surface area contributed by atoms with E-state index in [-0.39, 0.29) is 6.03 Å². The number of carbonyl (C=O) groups is 1. The highest BCUT2D eigenvalue weighted by atomic mass is 16.5. The number of benzene rings is 1. The molecule has 20 heavy (non-hydrogen) atoms. The van der Waals surface area contributed by atoms with Gasteiger partial charge in [0.25, 0.3) is 0 Å². The molecule has 0 unspecified atom stereocenters. The molecular formula is C15H17N3O2. The molecule has 1 aromatic heterocycles. The van der Waals surface area contributed by atoms with Gasteiger partial charge in [-0.05, 0) is 30.0 Å². The maximum atomic E-state index is 12.2. The van der Waals surface area contributed by atoms with Crippen molar-refractivity contribution in [3.63, 3.8) is 0 Å². The van der Waals surface area contributed by atoms with Crippen LogP contribution in [0.2, 0.25) is 0 Å². The monoisotopic (exact) mass is 271 g/mol. The first kappa shape index (κ1) is 12.7. The van der Waals surface area contributed by atoms with Crippen molar-refractivity contribution in [1.82, 2.24) is 10.5 Å². The van der Waals surface area contributed by atoms with Gasteiger partial charge in [-0.1, -0.05) is 24.2 Å². The number of urea groups is 1. The molecule has 1 aliphatic heterocycles. The van der Waals surface area contributed by atoms with Gasteiger partial charge in [0.15, 0.2) is 0 Å². The summed E-state index contributed by atoms with van der Waals surface area (Å²) in [5.74, 6) is 0. The quantitative estimate of drug-likeness (QED) is 0.933. The number of hydrogen-bond donors (Lipinski definition) is 1. The SMILES string of the molecule is CCc1ccc2c(c1)CCN2C(=O)NCc1ccon1. The fourth-order valence-corrected chi connectivity index (χ4v) is 2.48. The minimum absolute atomic E-state index is 0.0870. The van der Waals surface area contributed by atoms with Crippen LogP contribution in [0.5, 0.6) is 0 Å². The van der Waals surface area contributed by atoms with E-state index in [9.17, 15) is 4.79 Å². The van der Waals surface area contributed by atoms with Crippen LogP contribution in [0.1, 0.15) is 23.7 Å². The molecule has 0 bridgehead atoms. The van der Waals surface area contributed by atoms with E-state index < -0.39 is 0 Å². The zero-order valence-electron chi connectivity index (χ0n) is 11.4. The van der Waals surface area contributed by atoms with Crippen molar-refractivity contribution in [3.05, 3.63) is 47.3 Å². The van der Waals surface area contributed by atoms with Crippen LogP contribution in [0.25, 0.3) is 0 Å². The first-order valence-electron chi connectivity index (χ1n) is 6.84. The average molecular weight is 271 g/mol. The number of nitrogens with one attached hydrogen (secondary N) is 1. The van der Waals surface area contributed by atoms with Crippen LogP contribution in [0, 0.1) is 0 Å². The van der Waals surface area contributed by atoms with E-state index in [1.54, 1.807) is 11.0 Å². The van der Waals surface area contributed by atoms with E-state index in [1.165, 1.54) is 17.4 Å². The van der Waals surface area contributed by atoms with Crippen molar-refractivity contribution in [2.45, 2.75) is 26.3 Å². The van der Waals surface area contributed by atoms with Gasteiger partial charge in [0.1, 0.15) is 12.0 Å². The summed E-state index contributed by atoms with van der Waals surface area (Å²) in [4.78, 5) is 14.0. The second-order valence-electron chi connectivity index (χ2n) is 4.87. The van der Waals surface area contributed by atoms with Gasteiger partial charge in [-0.15, -0.1) is 0 Å². The maximum Gasteiger partial charge on any atom is 0.322 e. The Labute approximate surface area is 117 Å². The Morgan fingerprint density at radius 2 is 2.35 bits per heavy atom. The predicted molar refractivity (Wildman–Crippen MR) is 75.6 cm³/mol. The topological polar surface area (TPSA) is 58.4 Å². The lowest BCUT2D eigenvalue weighted by atomic mass is 10.1. The zero-order valence-corrected chi connectivity index (χ0v) is 11.4. The number of aromatic nitrogens is 1. The minimum Gasteiger partial charge on any atom is -0.364 e. The van der Waals surface area contributed by atoms with Crippen molar-refractivity contribution < 1.29 is 9.32 Å². The molecule has 0 saturated heterocycles. The highest BCUT2D eigenvalue weighted by Gasteiger charge is 2.24. The third-order valence-corrected chi connectivity index (χ3v) is 3.60. The van der Waals surface area contributed by atoms with Crippen LogP contribution in [-0.4, -0.2) is 17.7 Å². The molecule has 0 saturated carbocycles. The molecule has 0 radical (unpaired) electrons. The van der Waals surface area contributed by atoms with Crippen LogP contribution in [-0.2, 0) is 19.4 Å². The summed E-state index contributed by atoms with van der Waals surface area (Å²) in [6.07, 6.45) is 3.44. The van der Waals surface area contributed by atoms with E-state index in [0.717, 1.165) is 30.8 Å². The molecule has 2 aromatic rings. The molecule has 2 amide bonds. The Hall–Kier alpha value is -2.30. The van der Waals surface area contributed by atoms with Gasteiger partial charge in [0.05, 0.1) is 6.54 Å². The molecule has 0 atom stereocenters. The van der Waals surface area contributed by atoms with Gasteiger partial charge >= 0.3 is 6.03 Å². The Bertz CT molecular complexity index is 608. The lowest BCUT2D eigenvalue weighted by Gasteiger charge is -2.17. The smallest absolute Gasteiger partial charge is 0.322 e. The van der Waals surface area contributed by atoms with Crippen molar-refractivity contribution in [1.29, 1.82) is 0 Å². The highest BCUT2D eigenvalue weighted by molar-refractivity contribution is 5.94. The minimum atomic E-state index is -0.0870. The summed E-state index contributed by atoms with van der Waals surface area (Å²) in [6.45, 7) is 3.25. The molecule has 1 aliphatic rings. The van der Waals surface area contributed by atoms with Gasteiger partial charge in [-0.2, -0.15) is 0 Å². The zero-order chi connectivity index (χ0) is 13.9. The van der Waals surface area contributed by atoms with Gasteiger partial charge < -0.3 is 9.84 Å². The van der Waals surface area contributed by atoms with E-state index in [2.05, 4.69) is 29.5 Å². The molecule has 104 valence electrons. The van der Waals surface area contributed by atoms with E-state index in [0.29, 0.717) is 6.54 Å². The van der Waals surface area contributed by atoms with E-state index in [1.807, 2.05) is 6.07 Å². The molecule has 0 aliphatic carbocycles. The standard InChI is InChI=1S/C15H17N3O2/c1-2-11-3-4-14-12(9-11)5-7-18(14)15(19)16-10-13-6-8-20-17-13/h3-4,6,8-9H,2,5,7,10H2,1H3,(H,16,19). The Morgan fingerprint density at radius 3 is 3.10 bits per heavy atom. The summed E-state index contributed by atoms with van der Waals surface area (Å²) in [5, 5.41) is 6.63. The van der Waals surface area contributed by atoms with Crippen LogP contribution >= 0.6 is 0 Å². The van der Waals surface area contributed by atoms with Crippen molar-refractivity contribution in [3.8, 4) is 0 Å². The first-order chi connectivity index (χ1) is 9.78. The first-order valence-corrected chi connectivity index (χ1v) is 6.84. The number of nitrogens with zero attached hydrogens (tertiary/aromatic N) is 2. The third-order valence-electron chi connectivity index (χ3n) is 3.60. The maximum absolute atomic E-state index is 12.2. The van der Waals surface area contributed by atoms with E-state index >= 15 is 0 Å². The fourth-order valence-electron chi connectivity index (χ4n) is 2.48. The largest absolute Gasteiger partial charge is 0.364 e. The number of rotatable bonds is 3. The number of anilines is 1. The lowest BCUT2D eigenvalue weighted by Crippen LogP contribution is -2.38. The van der Waals surface area contributed by atoms with Crippen LogP contribution in [0.4, 0.5) is 10.5 Å². The molecule has 5 nitrogen and oxygen atoms in total. The second kappa shape index (κ2) is 5.36. The highest BCUT2D eigenvalue weighted by Crippen LogP contribution is 2.29. The normalized spacial score (nSPS) is 13.3. The number of hydrogen-bond acceptors (Lipinski definition) is 3. The number of fused-ring (bicyclic) bond motifs is 1. The fraction of sp³-hybridized carbons (Fsp3) is 0.333. The molecule has 2 heterocycles. The number of carbonyl (C=O) groups excluding carboxylic acids is 1. The Kier molecular flexibility index (Phi) is 3.41. The van der Waals surface area contributed by atoms with E-state index in [4.69, 9.17) is 4.52 Å². The molecule has 5 heteroatoms. The number of aryl methyl sites for hydroxylation is 1. The molecule has 0 spiro atoms. The predicted octanol–water partition coefficient (Wildman–Crippen LogP) is 2.51. The van der Waals surface area contributed by atoms with Crippen molar-refractivity contribution in [2.75, 3.05) is 11.4 Å². The van der Waals surface area contributed by atoms with Crippen molar-refractivity contribution >= 4 is 11.7 Å². The van der Waals surface area contributed by atoms with Crippen molar-refractivity contribution in [2.24, 2.45) is 0 Å². The Balaban J connectivity index is 1.69. The summed E-state index contributed by atoms with van der Waals surface area (Å²) < 4.78 is 4.74. The molecule has 1 N–H and O–H groups in total.